The first kappa shape index (κ1) is 47.5. The average Bonchev–Trinajstić information content (AvgIpc) is 3.97. The van der Waals surface area contributed by atoms with E-state index in [4.69, 9.17) is 26.4 Å². The van der Waals surface area contributed by atoms with Gasteiger partial charge in [0.25, 0.3) is 0 Å². The van der Waals surface area contributed by atoms with Gasteiger partial charge in [-0.3, -0.25) is 0 Å². The Kier molecular flexibility index (Phi) is 14.5. The minimum absolute atomic E-state index is 0.0537. The molecule has 0 unspecified atom stereocenters. The van der Waals surface area contributed by atoms with E-state index in [9.17, 15) is 13.2 Å². The summed E-state index contributed by atoms with van der Waals surface area (Å²) in [5.41, 5.74) is 18.9. The lowest BCUT2D eigenvalue weighted by molar-refractivity contribution is -0.137. The quantitative estimate of drug-likeness (QED) is 0.123. The van der Waals surface area contributed by atoms with Crippen LogP contribution in [-0.2, 0) is 6.18 Å². The monoisotopic (exact) mass is 944 g/mol. The lowest BCUT2D eigenvalue weighted by Gasteiger charge is -2.32. The number of pyridine rings is 2. The molecule has 0 bridgehead atoms. The fourth-order valence-electron chi connectivity index (χ4n) is 9.61. The topological polar surface area (TPSA) is 129 Å². The third-order valence-electron chi connectivity index (χ3n) is 13.2. The van der Waals surface area contributed by atoms with Crippen LogP contribution in [0.1, 0.15) is 103 Å². The number of benzene rings is 4. The number of alkyl halides is 3. The summed E-state index contributed by atoms with van der Waals surface area (Å²) < 4.78 is 48.1. The maximum Gasteiger partial charge on any atom is 0.417 e. The zero-order valence-electron chi connectivity index (χ0n) is 39.5. The molecule has 2 aliphatic rings. The normalized spacial score (nSPS) is 14.8. The molecule has 8 aromatic rings. The number of nitrogen functional groups attached to an aromatic ring is 2. The van der Waals surface area contributed by atoms with E-state index >= 15 is 0 Å². The molecule has 0 aliphatic carbocycles. The minimum Gasteiger partial charge on any atom is -0.489 e. The summed E-state index contributed by atoms with van der Waals surface area (Å²) in [6.07, 6.45) is 2.16. The van der Waals surface area contributed by atoms with E-state index in [0.717, 1.165) is 85.1 Å². The molecule has 2 fully saturated rings. The second kappa shape index (κ2) is 21.4. The Morgan fingerprint density at radius 2 is 0.886 bits per heavy atom. The fourth-order valence-corrected chi connectivity index (χ4v) is 9.61. The number of halogens is 3. The predicted octanol–water partition coefficient (Wildman–Crippen LogP) is 11.6. The molecular weight excluding hydrogens is 886 g/mol. The maximum absolute atomic E-state index is 12.8. The number of piperidine rings is 2. The first-order chi connectivity index (χ1) is 34.0. The van der Waals surface area contributed by atoms with Crippen molar-refractivity contribution in [2.75, 3.05) is 47.4 Å². The molecule has 4 aromatic heterocycles. The van der Waals surface area contributed by atoms with Crippen molar-refractivity contribution in [3.05, 3.63) is 209 Å². The molecule has 6 heterocycles. The molecular formula is C56H59F3N10O. The standard InChI is InChI=1S/C29H33N5O.C27H26F3N5/c1-21(2)35-25-13-14-28(31-20-25)33-17-15-22(16-18-33)26-19-27(30)34(32-26)29(23-9-5-3-6-10-23)24-11-7-4-8-12-24;28-27(29,30)22-11-12-25(32-18-22)34-15-13-19(14-16-34)23-17-24(31)35(33-23)26(20-7-3-1-4-8-20)21-9-5-2-6-10-21/h3-14,19-22,29H,15-18,30H2,1-2H3;1-12,17-19,26H,13-16,31H2. The van der Waals surface area contributed by atoms with Crippen LogP contribution in [-0.4, -0.2) is 61.8 Å². The van der Waals surface area contributed by atoms with Crippen LogP contribution < -0.4 is 26.0 Å². The van der Waals surface area contributed by atoms with Crippen LogP contribution >= 0.6 is 0 Å². The molecule has 4 N–H and O–H groups in total. The molecule has 2 saturated heterocycles. The van der Waals surface area contributed by atoms with E-state index in [2.05, 4.69) is 99.8 Å². The number of nitrogens with two attached hydrogens (primary N) is 2. The Morgan fingerprint density at radius 1 is 0.514 bits per heavy atom. The van der Waals surface area contributed by atoms with Gasteiger partial charge in [-0.05, 0) is 86.1 Å². The van der Waals surface area contributed by atoms with Crippen molar-refractivity contribution in [3.8, 4) is 5.75 Å². The smallest absolute Gasteiger partial charge is 0.417 e. The van der Waals surface area contributed by atoms with Gasteiger partial charge >= 0.3 is 6.18 Å². The number of hydrogen-bond donors (Lipinski definition) is 2. The van der Waals surface area contributed by atoms with Gasteiger partial charge in [0.05, 0.1) is 29.3 Å². The van der Waals surface area contributed by atoms with Crippen molar-refractivity contribution in [1.29, 1.82) is 0 Å². The van der Waals surface area contributed by atoms with E-state index in [1.165, 1.54) is 17.2 Å². The van der Waals surface area contributed by atoms with Crippen LogP contribution in [0.4, 0.5) is 36.4 Å². The highest BCUT2D eigenvalue weighted by Gasteiger charge is 2.32. The lowest BCUT2D eigenvalue weighted by Crippen LogP contribution is -2.33. The number of nitrogens with zero attached hydrogens (tertiary/aromatic N) is 8. The van der Waals surface area contributed by atoms with Crippen LogP contribution in [0.5, 0.6) is 5.75 Å². The van der Waals surface area contributed by atoms with Crippen molar-refractivity contribution in [2.24, 2.45) is 0 Å². The van der Waals surface area contributed by atoms with Gasteiger partial charge in [-0.15, -0.1) is 0 Å². The van der Waals surface area contributed by atoms with E-state index in [0.29, 0.717) is 36.5 Å². The summed E-state index contributed by atoms with van der Waals surface area (Å²) in [4.78, 5) is 13.0. The van der Waals surface area contributed by atoms with Crippen molar-refractivity contribution in [2.45, 2.75) is 75.7 Å². The molecule has 360 valence electrons. The fraction of sp³-hybridized carbons (Fsp3) is 0.286. The number of aromatic nitrogens is 6. The molecule has 2 aliphatic heterocycles. The van der Waals surface area contributed by atoms with Gasteiger partial charge in [-0.25, -0.2) is 19.3 Å². The van der Waals surface area contributed by atoms with Crippen LogP contribution in [0.15, 0.2) is 170 Å². The maximum atomic E-state index is 12.8. The largest absolute Gasteiger partial charge is 0.489 e. The van der Waals surface area contributed by atoms with Crippen molar-refractivity contribution >= 4 is 23.3 Å². The Hall–Kier alpha value is -7.61. The van der Waals surface area contributed by atoms with Crippen LogP contribution in [0.2, 0.25) is 0 Å². The van der Waals surface area contributed by atoms with Gasteiger partial charge in [-0.1, -0.05) is 121 Å². The Bertz CT molecular complexity index is 2780. The second-order valence-corrected chi connectivity index (χ2v) is 18.3. The summed E-state index contributed by atoms with van der Waals surface area (Å²) in [5.74, 6) is 4.27. The summed E-state index contributed by atoms with van der Waals surface area (Å²) >= 11 is 0. The number of anilines is 4. The van der Waals surface area contributed by atoms with E-state index in [1.807, 2.05) is 95.0 Å². The second-order valence-electron chi connectivity index (χ2n) is 18.3. The first-order valence-electron chi connectivity index (χ1n) is 24.0. The summed E-state index contributed by atoms with van der Waals surface area (Å²) in [6, 6.07) is 51.7. The third-order valence-corrected chi connectivity index (χ3v) is 13.2. The SMILES string of the molecule is CC(C)Oc1ccc(N2CCC(c3cc(N)n(C(c4ccccc4)c4ccccc4)n3)CC2)nc1.Nc1cc(C2CCN(c3ccc(C(F)(F)F)cn3)CC2)nn1C(c1ccccc1)c1ccccc1. The summed E-state index contributed by atoms with van der Waals surface area (Å²) in [6.45, 7) is 7.31. The Labute approximate surface area is 407 Å². The molecule has 0 spiro atoms. The zero-order chi connectivity index (χ0) is 48.6. The minimum atomic E-state index is -4.38. The number of hydrogen-bond acceptors (Lipinski definition) is 9. The van der Waals surface area contributed by atoms with E-state index < -0.39 is 11.7 Å². The molecule has 0 radical (unpaired) electrons. The van der Waals surface area contributed by atoms with Gasteiger partial charge in [-0.2, -0.15) is 23.4 Å². The predicted molar refractivity (Wildman–Crippen MR) is 271 cm³/mol. The van der Waals surface area contributed by atoms with E-state index in [-0.39, 0.29) is 24.1 Å². The number of rotatable bonds is 12. The highest BCUT2D eigenvalue weighted by Crippen LogP contribution is 2.37. The first-order valence-corrected chi connectivity index (χ1v) is 24.0. The highest BCUT2D eigenvalue weighted by molar-refractivity contribution is 5.45. The van der Waals surface area contributed by atoms with Gasteiger partial charge < -0.3 is 26.0 Å². The molecule has 11 nitrogen and oxygen atoms in total. The van der Waals surface area contributed by atoms with Crippen LogP contribution in [0.3, 0.4) is 0 Å². The number of ether oxygens (including phenoxy) is 1. The summed E-state index contributed by atoms with van der Waals surface area (Å²) in [5, 5.41) is 10.0. The van der Waals surface area contributed by atoms with Gasteiger partial charge in [0, 0.05) is 56.3 Å². The van der Waals surface area contributed by atoms with Crippen molar-refractivity contribution in [1.82, 2.24) is 29.5 Å². The van der Waals surface area contributed by atoms with Gasteiger partial charge in [0.2, 0.25) is 0 Å². The van der Waals surface area contributed by atoms with Gasteiger partial charge in [0.1, 0.15) is 41.1 Å². The molecule has 70 heavy (non-hydrogen) atoms. The van der Waals surface area contributed by atoms with E-state index in [1.54, 1.807) is 0 Å². The third kappa shape index (κ3) is 11.1. The summed E-state index contributed by atoms with van der Waals surface area (Å²) in [7, 11) is 0. The molecule has 0 amide bonds. The highest BCUT2D eigenvalue weighted by atomic mass is 19.4. The average molecular weight is 945 g/mol. The Balaban J connectivity index is 0.000000174. The molecule has 14 heteroatoms. The van der Waals surface area contributed by atoms with Crippen molar-refractivity contribution in [3.63, 3.8) is 0 Å². The Morgan fingerprint density at radius 3 is 1.20 bits per heavy atom. The lowest BCUT2D eigenvalue weighted by atomic mass is 9.93. The molecule has 10 rings (SSSR count). The molecule has 4 aromatic carbocycles. The molecule has 0 saturated carbocycles. The van der Waals surface area contributed by atoms with Crippen LogP contribution in [0.25, 0.3) is 0 Å². The zero-order valence-corrected chi connectivity index (χ0v) is 39.5. The van der Waals surface area contributed by atoms with Crippen LogP contribution in [0, 0.1) is 0 Å². The van der Waals surface area contributed by atoms with Crippen molar-refractivity contribution < 1.29 is 17.9 Å². The molecule has 0 atom stereocenters. The van der Waals surface area contributed by atoms with Gasteiger partial charge in [0.15, 0.2) is 0 Å².